The van der Waals surface area contributed by atoms with Gasteiger partial charge in [-0.2, -0.15) is 0 Å². The van der Waals surface area contributed by atoms with E-state index in [-0.39, 0.29) is 17.7 Å². The molecule has 0 atom stereocenters. The standard InChI is InChI=1S/C20H23N3O3S/c1-3-4-15-11-17(27-12(15)2)20(25)26-23-18(21)13-7-9-16(10-8-13)22-19(24)14-5-6-14/h7-11,14H,3-6H2,1-2H3,(H2,21,23)(H,22,24). The maximum absolute atomic E-state index is 12.2. The van der Waals surface area contributed by atoms with Crippen LogP contribution in [-0.4, -0.2) is 17.7 Å². The summed E-state index contributed by atoms with van der Waals surface area (Å²) < 4.78 is 0. The molecule has 1 aromatic carbocycles. The van der Waals surface area contributed by atoms with E-state index in [1.165, 1.54) is 11.3 Å². The predicted molar refractivity (Wildman–Crippen MR) is 107 cm³/mol. The third-order valence-electron chi connectivity index (χ3n) is 4.36. The van der Waals surface area contributed by atoms with E-state index < -0.39 is 5.97 Å². The maximum Gasteiger partial charge on any atom is 0.375 e. The Morgan fingerprint density at radius 3 is 2.63 bits per heavy atom. The molecule has 0 spiro atoms. The molecule has 0 unspecified atom stereocenters. The molecule has 27 heavy (non-hydrogen) atoms. The van der Waals surface area contributed by atoms with Crippen molar-refractivity contribution >= 4 is 34.7 Å². The van der Waals surface area contributed by atoms with Crippen molar-refractivity contribution in [1.82, 2.24) is 0 Å². The number of nitrogens with one attached hydrogen (secondary N) is 1. The van der Waals surface area contributed by atoms with Crippen LogP contribution in [0.25, 0.3) is 0 Å². The van der Waals surface area contributed by atoms with Crippen molar-refractivity contribution in [3.8, 4) is 0 Å². The second-order valence-electron chi connectivity index (χ2n) is 6.64. The van der Waals surface area contributed by atoms with Crippen LogP contribution in [-0.2, 0) is 16.1 Å². The Morgan fingerprint density at radius 2 is 2.00 bits per heavy atom. The number of hydrogen-bond donors (Lipinski definition) is 2. The van der Waals surface area contributed by atoms with E-state index in [2.05, 4.69) is 17.4 Å². The van der Waals surface area contributed by atoms with Gasteiger partial charge in [0.25, 0.3) is 0 Å². The van der Waals surface area contributed by atoms with Crippen molar-refractivity contribution in [2.75, 3.05) is 5.32 Å². The zero-order valence-corrected chi connectivity index (χ0v) is 16.3. The number of hydrogen-bond acceptors (Lipinski definition) is 5. The predicted octanol–water partition coefficient (Wildman–Crippen LogP) is 3.83. The van der Waals surface area contributed by atoms with Crippen LogP contribution in [0.1, 0.15) is 51.9 Å². The molecule has 3 N–H and O–H groups in total. The molecule has 1 fully saturated rings. The number of anilines is 1. The highest BCUT2D eigenvalue weighted by atomic mass is 32.1. The van der Waals surface area contributed by atoms with Gasteiger partial charge in [0.1, 0.15) is 4.88 Å². The first-order valence-electron chi connectivity index (χ1n) is 9.03. The fourth-order valence-corrected chi connectivity index (χ4v) is 3.58. The number of nitrogens with zero attached hydrogens (tertiary/aromatic N) is 1. The van der Waals surface area contributed by atoms with E-state index >= 15 is 0 Å². The summed E-state index contributed by atoms with van der Waals surface area (Å²) in [4.78, 5) is 30.6. The molecule has 1 amide bonds. The van der Waals surface area contributed by atoms with Crippen molar-refractivity contribution in [2.45, 2.75) is 39.5 Å². The molecule has 6 nitrogen and oxygen atoms in total. The van der Waals surface area contributed by atoms with Gasteiger partial charge >= 0.3 is 5.97 Å². The molecule has 1 aliphatic carbocycles. The quantitative estimate of drug-likeness (QED) is 0.328. The summed E-state index contributed by atoms with van der Waals surface area (Å²) in [5.74, 6) is -0.214. The van der Waals surface area contributed by atoms with Crippen LogP contribution in [0, 0.1) is 12.8 Å². The number of nitrogens with two attached hydrogens (primary N) is 1. The maximum atomic E-state index is 12.2. The lowest BCUT2D eigenvalue weighted by molar-refractivity contribution is -0.117. The molecule has 2 aromatic rings. The Labute approximate surface area is 162 Å². The number of aryl methyl sites for hydroxylation is 2. The molecule has 0 aliphatic heterocycles. The Bertz CT molecular complexity index is 867. The summed E-state index contributed by atoms with van der Waals surface area (Å²) in [6.45, 7) is 4.09. The molecule has 3 rings (SSSR count). The first-order chi connectivity index (χ1) is 13.0. The highest BCUT2D eigenvalue weighted by Gasteiger charge is 2.29. The number of oxime groups is 1. The zero-order valence-electron chi connectivity index (χ0n) is 15.5. The topological polar surface area (TPSA) is 93.8 Å². The van der Waals surface area contributed by atoms with Gasteiger partial charge in [-0.25, -0.2) is 4.79 Å². The second-order valence-corrected chi connectivity index (χ2v) is 7.89. The number of thiophene rings is 1. The van der Waals surface area contributed by atoms with Gasteiger partial charge in [-0.1, -0.05) is 18.5 Å². The van der Waals surface area contributed by atoms with Gasteiger partial charge in [0, 0.05) is 22.0 Å². The van der Waals surface area contributed by atoms with Crippen LogP contribution in [0.2, 0.25) is 0 Å². The van der Waals surface area contributed by atoms with Crippen molar-refractivity contribution in [3.05, 3.63) is 51.2 Å². The van der Waals surface area contributed by atoms with Gasteiger partial charge in [0.05, 0.1) is 0 Å². The van der Waals surface area contributed by atoms with E-state index in [1.807, 2.05) is 13.0 Å². The minimum atomic E-state index is -0.512. The Balaban J connectivity index is 1.60. The smallest absolute Gasteiger partial charge is 0.375 e. The van der Waals surface area contributed by atoms with Crippen LogP contribution < -0.4 is 11.1 Å². The average molecular weight is 385 g/mol. The molecule has 0 bridgehead atoms. The van der Waals surface area contributed by atoms with Crippen molar-refractivity contribution in [3.63, 3.8) is 0 Å². The third-order valence-corrected chi connectivity index (χ3v) is 5.44. The number of carbonyl (C=O) groups excluding carboxylic acids is 2. The fraction of sp³-hybridized carbons (Fsp3) is 0.350. The summed E-state index contributed by atoms with van der Waals surface area (Å²) in [5, 5.41) is 6.60. The van der Waals surface area contributed by atoms with E-state index in [0.29, 0.717) is 16.1 Å². The van der Waals surface area contributed by atoms with E-state index in [1.54, 1.807) is 24.3 Å². The lowest BCUT2D eigenvalue weighted by Gasteiger charge is -2.05. The Hall–Kier alpha value is -2.67. The largest absolute Gasteiger partial charge is 0.380 e. The summed E-state index contributed by atoms with van der Waals surface area (Å²) >= 11 is 1.40. The second kappa shape index (κ2) is 8.35. The van der Waals surface area contributed by atoms with Gasteiger partial charge in [-0.15, -0.1) is 11.3 Å². The number of carbonyl (C=O) groups is 2. The molecular formula is C20H23N3O3S. The SMILES string of the molecule is CCCc1cc(C(=O)ON=C(N)c2ccc(NC(=O)C3CC3)cc2)sc1C. The summed E-state index contributed by atoms with van der Waals surface area (Å²) in [6, 6.07) is 8.81. The van der Waals surface area contributed by atoms with E-state index in [9.17, 15) is 9.59 Å². The molecule has 1 heterocycles. The number of amides is 1. The lowest BCUT2D eigenvalue weighted by Crippen LogP contribution is -2.16. The van der Waals surface area contributed by atoms with Crippen LogP contribution in [0.5, 0.6) is 0 Å². The number of rotatable bonds is 7. The Morgan fingerprint density at radius 1 is 1.30 bits per heavy atom. The molecular weight excluding hydrogens is 362 g/mol. The third kappa shape index (κ3) is 4.95. The van der Waals surface area contributed by atoms with Crippen molar-refractivity contribution in [1.29, 1.82) is 0 Å². The molecule has 1 aromatic heterocycles. The first kappa shape index (κ1) is 19.1. The van der Waals surface area contributed by atoms with Gasteiger partial charge in [0.15, 0.2) is 5.84 Å². The molecule has 1 saturated carbocycles. The monoisotopic (exact) mass is 385 g/mol. The summed E-state index contributed by atoms with van der Waals surface area (Å²) in [7, 11) is 0. The van der Waals surface area contributed by atoms with E-state index in [0.717, 1.165) is 36.1 Å². The first-order valence-corrected chi connectivity index (χ1v) is 9.85. The fourth-order valence-electron chi connectivity index (χ4n) is 2.64. The molecule has 142 valence electrons. The summed E-state index contributed by atoms with van der Waals surface area (Å²) in [6.07, 6.45) is 3.87. The average Bonchev–Trinajstić information content (AvgIpc) is 3.45. The Kier molecular flexibility index (Phi) is 5.91. The lowest BCUT2D eigenvalue weighted by atomic mass is 10.1. The highest BCUT2D eigenvalue weighted by molar-refractivity contribution is 7.14. The van der Waals surface area contributed by atoms with Gasteiger partial charge in [-0.05, 0) is 62.1 Å². The van der Waals surface area contributed by atoms with Crippen LogP contribution >= 0.6 is 11.3 Å². The van der Waals surface area contributed by atoms with Gasteiger partial charge in [0.2, 0.25) is 5.91 Å². The number of amidine groups is 1. The van der Waals surface area contributed by atoms with Gasteiger partial charge < -0.3 is 15.9 Å². The molecule has 0 radical (unpaired) electrons. The zero-order chi connectivity index (χ0) is 19.4. The minimum absolute atomic E-state index is 0.0482. The van der Waals surface area contributed by atoms with Crippen LogP contribution in [0.15, 0.2) is 35.5 Å². The van der Waals surface area contributed by atoms with Crippen LogP contribution in [0.3, 0.4) is 0 Å². The molecule has 7 heteroatoms. The van der Waals surface area contributed by atoms with E-state index in [4.69, 9.17) is 10.6 Å². The van der Waals surface area contributed by atoms with Crippen molar-refractivity contribution < 1.29 is 14.4 Å². The molecule has 1 aliphatic rings. The number of benzene rings is 1. The normalized spacial score (nSPS) is 14.1. The van der Waals surface area contributed by atoms with Crippen LogP contribution in [0.4, 0.5) is 5.69 Å². The van der Waals surface area contributed by atoms with Gasteiger partial charge in [-0.3, -0.25) is 4.79 Å². The molecule has 0 saturated heterocycles. The van der Waals surface area contributed by atoms with Crippen molar-refractivity contribution in [2.24, 2.45) is 16.8 Å². The minimum Gasteiger partial charge on any atom is -0.380 e. The highest BCUT2D eigenvalue weighted by Crippen LogP contribution is 2.30. The summed E-state index contributed by atoms with van der Waals surface area (Å²) in [5.41, 5.74) is 8.38.